The minimum Gasteiger partial charge on any atom is -0.481 e. The quantitative estimate of drug-likeness (QED) is 0.933. The molecule has 0 spiro atoms. The highest BCUT2D eigenvalue weighted by molar-refractivity contribution is 5.78. The molecule has 1 unspecified atom stereocenters. The molecule has 3 rings (SSSR count). The van der Waals surface area contributed by atoms with E-state index in [0.29, 0.717) is 0 Å². The molecular formula is C18H19NO2. The maximum absolute atomic E-state index is 11.3. The summed E-state index contributed by atoms with van der Waals surface area (Å²) in [5.41, 5.74) is 4.62. The zero-order valence-corrected chi connectivity index (χ0v) is 12.1. The van der Waals surface area contributed by atoms with E-state index in [4.69, 9.17) is 0 Å². The van der Waals surface area contributed by atoms with Crippen molar-refractivity contribution in [1.29, 1.82) is 0 Å². The first kappa shape index (κ1) is 13.7. The van der Waals surface area contributed by atoms with Crippen molar-refractivity contribution in [3.63, 3.8) is 0 Å². The third-order valence-corrected chi connectivity index (χ3v) is 4.21. The molecule has 0 fully saturated rings. The number of rotatable bonds is 4. The zero-order valence-electron chi connectivity index (χ0n) is 12.1. The van der Waals surface area contributed by atoms with Crippen molar-refractivity contribution >= 4 is 11.7 Å². The summed E-state index contributed by atoms with van der Waals surface area (Å²) in [6, 6.07) is 16.4. The Morgan fingerprint density at radius 3 is 2.67 bits per heavy atom. The van der Waals surface area contributed by atoms with Crippen LogP contribution < -0.4 is 4.90 Å². The average molecular weight is 281 g/mol. The fourth-order valence-corrected chi connectivity index (χ4v) is 3.03. The number of carboxylic acids is 1. The second kappa shape index (κ2) is 5.60. The van der Waals surface area contributed by atoms with Crippen molar-refractivity contribution in [1.82, 2.24) is 0 Å². The lowest BCUT2D eigenvalue weighted by Gasteiger charge is -2.20. The van der Waals surface area contributed by atoms with Crippen molar-refractivity contribution in [2.24, 2.45) is 0 Å². The van der Waals surface area contributed by atoms with Gasteiger partial charge in [-0.05, 0) is 36.1 Å². The van der Waals surface area contributed by atoms with Gasteiger partial charge in [0.25, 0.3) is 0 Å². The number of carbonyl (C=O) groups is 1. The van der Waals surface area contributed by atoms with E-state index in [1.807, 2.05) is 18.2 Å². The van der Waals surface area contributed by atoms with E-state index in [1.165, 1.54) is 16.8 Å². The van der Waals surface area contributed by atoms with Gasteiger partial charge in [-0.15, -0.1) is 0 Å². The van der Waals surface area contributed by atoms with Crippen LogP contribution in [0.4, 0.5) is 5.69 Å². The standard InChI is InChI=1S/C18H19NO2/c1-13(18(20)21)15-8-5-9-17-16(15)10-11-19(17)12-14-6-3-2-4-7-14/h2-9,13H,10-12H2,1H3,(H,20,21). The number of benzene rings is 2. The molecule has 1 atom stereocenters. The van der Waals surface area contributed by atoms with Crippen LogP contribution in [0.5, 0.6) is 0 Å². The summed E-state index contributed by atoms with van der Waals surface area (Å²) < 4.78 is 0. The van der Waals surface area contributed by atoms with Gasteiger partial charge < -0.3 is 10.0 Å². The maximum Gasteiger partial charge on any atom is 0.310 e. The number of aliphatic carboxylic acids is 1. The fraction of sp³-hybridized carbons (Fsp3) is 0.278. The second-order valence-electron chi connectivity index (χ2n) is 5.56. The van der Waals surface area contributed by atoms with Gasteiger partial charge in [-0.3, -0.25) is 4.79 Å². The maximum atomic E-state index is 11.3. The molecule has 21 heavy (non-hydrogen) atoms. The summed E-state index contributed by atoms with van der Waals surface area (Å²) >= 11 is 0. The summed E-state index contributed by atoms with van der Waals surface area (Å²) in [4.78, 5) is 13.6. The molecule has 0 aliphatic carbocycles. The third-order valence-electron chi connectivity index (χ3n) is 4.21. The Morgan fingerprint density at radius 2 is 1.95 bits per heavy atom. The third kappa shape index (κ3) is 2.64. The molecular weight excluding hydrogens is 262 g/mol. The molecule has 1 aliphatic rings. The fourth-order valence-electron chi connectivity index (χ4n) is 3.03. The van der Waals surface area contributed by atoms with E-state index >= 15 is 0 Å². The predicted molar refractivity (Wildman–Crippen MR) is 83.7 cm³/mol. The highest BCUT2D eigenvalue weighted by Gasteiger charge is 2.25. The number of hydrogen-bond acceptors (Lipinski definition) is 2. The lowest BCUT2D eigenvalue weighted by molar-refractivity contribution is -0.138. The van der Waals surface area contributed by atoms with Gasteiger partial charge in [0.1, 0.15) is 0 Å². The van der Waals surface area contributed by atoms with Crippen LogP contribution >= 0.6 is 0 Å². The van der Waals surface area contributed by atoms with Gasteiger partial charge in [-0.25, -0.2) is 0 Å². The molecule has 0 bridgehead atoms. The molecule has 1 heterocycles. The van der Waals surface area contributed by atoms with Gasteiger partial charge in [0, 0.05) is 18.8 Å². The molecule has 2 aromatic carbocycles. The van der Waals surface area contributed by atoms with Crippen molar-refractivity contribution in [2.75, 3.05) is 11.4 Å². The van der Waals surface area contributed by atoms with E-state index in [2.05, 4.69) is 35.2 Å². The molecule has 3 nitrogen and oxygen atoms in total. The number of nitrogens with zero attached hydrogens (tertiary/aromatic N) is 1. The second-order valence-corrected chi connectivity index (χ2v) is 5.56. The van der Waals surface area contributed by atoms with Gasteiger partial charge in [-0.1, -0.05) is 42.5 Å². The van der Waals surface area contributed by atoms with Crippen LogP contribution in [-0.2, 0) is 17.8 Å². The van der Waals surface area contributed by atoms with Crippen LogP contribution in [-0.4, -0.2) is 17.6 Å². The van der Waals surface area contributed by atoms with Gasteiger partial charge >= 0.3 is 5.97 Å². The van der Waals surface area contributed by atoms with E-state index in [9.17, 15) is 9.90 Å². The lowest BCUT2D eigenvalue weighted by atomic mass is 9.94. The summed E-state index contributed by atoms with van der Waals surface area (Å²) in [6.45, 7) is 3.59. The minimum atomic E-state index is -0.759. The van der Waals surface area contributed by atoms with Crippen molar-refractivity contribution in [3.05, 3.63) is 65.2 Å². The first-order valence-corrected chi connectivity index (χ1v) is 7.30. The molecule has 1 aliphatic heterocycles. The minimum absolute atomic E-state index is 0.448. The largest absolute Gasteiger partial charge is 0.481 e. The number of hydrogen-bond donors (Lipinski definition) is 1. The van der Waals surface area contributed by atoms with Crippen LogP contribution in [0.1, 0.15) is 29.5 Å². The van der Waals surface area contributed by atoms with E-state index in [1.54, 1.807) is 6.92 Å². The molecule has 0 amide bonds. The number of anilines is 1. The Hall–Kier alpha value is -2.29. The topological polar surface area (TPSA) is 40.5 Å². The molecule has 0 saturated carbocycles. The normalized spacial score (nSPS) is 14.8. The van der Waals surface area contributed by atoms with Crippen molar-refractivity contribution < 1.29 is 9.90 Å². The first-order valence-electron chi connectivity index (χ1n) is 7.30. The van der Waals surface area contributed by atoms with Gasteiger partial charge in [0.2, 0.25) is 0 Å². The van der Waals surface area contributed by atoms with E-state index in [0.717, 1.165) is 25.1 Å². The summed E-state index contributed by atoms with van der Waals surface area (Å²) in [5.74, 6) is -1.21. The number of carboxylic acid groups (broad SMARTS) is 1. The Labute approximate surface area is 124 Å². The van der Waals surface area contributed by atoms with Gasteiger partial charge in [-0.2, -0.15) is 0 Å². The monoisotopic (exact) mass is 281 g/mol. The Morgan fingerprint density at radius 1 is 1.19 bits per heavy atom. The highest BCUT2D eigenvalue weighted by atomic mass is 16.4. The Bertz CT molecular complexity index is 652. The summed E-state index contributed by atoms with van der Waals surface area (Å²) in [5, 5.41) is 9.25. The van der Waals surface area contributed by atoms with Crippen molar-refractivity contribution in [2.45, 2.75) is 25.8 Å². The molecule has 0 radical (unpaired) electrons. The molecule has 2 aromatic rings. The lowest BCUT2D eigenvalue weighted by Crippen LogP contribution is -2.19. The number of fused-ring (bicyclic) bond motifs is 1. The zero-order chi connectivity index (χ0) is 14.8. The van der Waals surface area contributed by atoms with E-state index < -0.39 is 11.9 Å². The molecule has 108 valence electrons. The molecule has 0 aromatic heterocycles. The molecule has 3 heteroatoms. The highest BCUT2D eigenvalue weighted by Crippen LogP contribution is 2.35. The Kier molecular flexibility index (Phi) is 3.65. The van der Waals surface area contributed by atoms with Gasteiger partial charge in [0.15, 0.2) is 0 Å². The average Bonchev–Trinajstić information content (AvgIpc) is 2.90. The molecule has 0 saturated heterocycles. The molecule has 1 N–H and O–H groups in total. The van der Waals surface area contributed by atoms with Crippen LogP contribution in [0.25, 0.3) is 0 Å². The van der Waals surface area contributed by atoms with Crippen LogP contribution in [0.3, 0.4) is 0 Å². The summed E-state index contributed by atoms with van der Waals surface area (Å²) in [7, 11) is 0. The van der Waals surface area contributed by atoms with Crippen LogP contribution in [0.15, 0.2) is 48.5 Å². The smallest absolute Gasteiger partial charge is 0.310 e. The summed E-state index contributed by atoms with van der Waals surface area (Å²) in [6.07, 6.45) is 0.927. The SMILES string of the molecule is CC(C(=O)O)c1cccc2c1CCN2Cc1ccccc1. The first-order chi connectivity index (χ1) is 10.2. The van der Waals surface area contributed by atoms with Crippen molar-refractivity contribution in [3.8, 4) is 0 Å². The Balaban J connectivity index is 1.89. The van der Waals surface area contributed by atoms with Gasteiger partial charge in [0.05, 0.1) is 5.92 Å². The van der Waals surface area contributed by atoms with Crippen LogP contribution in [0, 0.1) is 0 Å². The van der Waals surface area contributed by atoms with E-state index in [-0.39, 0.29) is 0 Å². The predicted octanol–water partition coefficient (Wildman–Crippen LogP) is 3.44. The van der Waals surface area contributed by atoms with Crippen LogP contribution in [0.2, 0.25) is 0 Å².